The fourth-order valence-corrected chi connectivity index (χ4v) is 3.90. The lowest BCUT2D eigenvalue weighted by molar-refractivity contribution is 0.277. The summed E-state index contributed by atoms with van der Waals surface area (Å²) in [7, 11) is 0. The fraction of sp³-hybridized carbons (Fsp3) is 0.174. The molecule has 0 radical (unpaired) electrons. The molecule has 0 aromatic heterocycles. The van der Waals surface area contributed by atoms with Gasteiger partial charge in [-0.1, -0.05) is 24.3 Å². The standard InChI is InChI=1S/C23H18F2N2O/c24-17-7-1-4-14(11-17)10-16-6-3-9-19-21(15-5-2-8-18(25)12-15)20(13-26)23(27)28-22(16)19/h1-2,4-5,7-8,10-12,21H,3,6,9,27H2/b16-10-/t21-/m0/s1. The number of rotatable bonds is 2. The van der Waals surface area contributed by atoms with Crippen LogP contribution in [0.3, 0.4) is 0 Å². The number of hydrogen-bond donors (Lipinski definition) is 1. The molecule has 1 atom stereocenters. The maximum absolute atomic E-state index is 13.9. The van der Waals surface area contributed by atoms with Crippen molar-refractivity contribution in [2.75, 3.05) is 0 Å². The first-order valence-electron chi connectivity index (χ1n) is 9.09. The Bertz CT molecular complexity index is 1080. The van der Waals surface area contributed by atoms with Crippen molar-refractivity contribution in [2.45, 2.75) is 25.2 Å². The monoisotopic (exact) mass is 376 g/mol. The molecular weight excluding hydrogens is 358 g/mol. The van der Waals surface area contributed by atoms with Crippen LogP contribution < -0.4 is 5.73 Å². The zero-order chi connectivity index (χ0) is 19.7. The van der Waals surface area contributed by atoms with Crippen molar-refractivity contribution in [1.82, 2.24) is 0 Å². The second-order valence-corrected chi connectivity index (χ2v) is 6.91. The molecule has 140 valence electrons. The van der Waals surface area contributed by atoms with Crippen LogP contribution in [0.1, 0.15) is 36.3 Å². The number of nitrogens with zero attached hydrogens (tertiary/aromatic N) is 1. The summed E-state index contributed by atoms with van der Waals surface area (Å²) < 4.78 is 33.3. The topological polar surface area (TPSA) is 59.0 Å². The first kappa shape index (κ1) is 18.0. The Kier molecular flexibility index (Phi) is 4.70. The third-order valence-corrected chi connectivity index (χ3v) is 5.08. The minimum atomic E-state index is -0.444. The maximum Gasteiger partial charge on any atom is 0.205 e. The van der Waals surface area contributed by atoms with Gasteiger partial charge < -0.3 is 10.5 Å². The molecule has 1 aliphatic heterocycles. The first-order chi connectivity index (χ1) is 13.6. The second-order valence-electron chi connectivity index (χ2n) is 6.91. The van der Waals surface area contributed by atoms with Gasteiger partial charge in [0.05, 0.1) is 0 Å². The maximum atomic E-state index is 13.9. The Morgan fingerprint density at radius 3 is 2.54 bits per heavy atom. The van der Waals surface area contributed by atoms with Crippen molar-refractivity contribution in [3.05, 3.63) is 99.7 Å². The Hall–Kier alpha value is -3.39. The summed E-state index contributed by atoms with van der Waals surface area (Å²) in [5, 5.41) is 9.64. The van der Waals surface area contributed by atoms with Gasteiger partial charge in [0.2, 0.25) is 5.88 Å². The van der Waals surface area contributed by atoms with Gasteiger partial charge in [-0.15, -0.1) is 0 Å². The third-order valence-electron chi connectivity index (χ3n) is 5.08. The fourth-order valence-electron chi connectivity index (χ4n) is 3.90. The van der Waals surface area contributed by atoms with E-state index < -0.39 is 5.92 Å². The number of halogens is 2. The largest absolute Gasteiger partial charge is 0.440 e. The lowest BCUT2D eigenvalue weighted by Gasteiger charge is -2.33. The molecule has 2 aliphatic rings. The quantitative estimate of drug-likeness (QED) is 0.774. The SMILES string of the molecule is N#CC1=C(N)OC2=C(CCC/C2=C/c2cccc(F)c2)[C@@H]1c1cccc(F)c1. The zero-order valence-corrected chi connectivity index (χ0v) is 15.1. The van der Waals surface area contributed by atoms with E-state index in [1.54, 1.807) is 18.2 Å². The van der Waals surface area contributed by atoms with Crippen LogP contribution in [0.25, 0.3) is 6.08 Å². The van der Waals surface area contributed by atoms with Crippen molar-refractivity contribution < 1.29 is 13.5 Å². The average Bonchev–Trinajstić information content (AvgIpc) is 2.67. The van der Waals surface area contributed by atoms with Crippen molar-refractivity contribution in [1.29, 1.82) is 5.26 Å². The molecule has 4 rings (SSSR count). The van der Waals surface area contributed by atoms with Gasteiger partial charge >= 0.3 is 0 Å². The van der Waals surface area contributed by atoms with Crippen molar-refractivity contribution in [3.8, 4) is 6.07 Å². The molecule has 0 unspecified atom stereocenters. The Balaban J connectivity index is 1.85. The summed E-state index contributed by atoms with van der Waals surface area (Å²) in [4.78, 5) is 0. The molecule has 1 aliphatic carbocycles. The predicted octanol–water partition coefficient (Wildman–Crippen LogP) is 5.29. The van der Waals surface area contributed by atoms with Gasteiger partial charge in [-0.3, -0.25) is 0 Å². The highest BCUT2D eigenvalue weighted by Gasteiger charge is 2.35. The van der Waals surface area contributed by atoms with E-state index in [1.807, 2.05) is 12.1 Å². The highest BCUT2D eigenvalue weighted by Crippen LogP contribution is 2.46. The molecule has 5 heteroatoms. The number of nitriles is 1. The lowest BCUT2D eigenvalue weighted by atomic mass is 9.77. The molecule has 28 heavy (non-hydrogen) atoms. The van der Waals surface area contributed by atoms with Crippen LogP contribution >= 0.6 is 0 Å². The second kappa shape index (κ2) is 7.32. The van der Waals surface area contributed by atoms with E-state index in [2.05, 4.69) is 6.07 Å². The summed E-state index contributed by atoms with van der Waals surface area (Å²) in [6, 6.07) is 14.7. The van der Waals surface area contributed by atoms with Crippen molar-refractivity contribution in [3.63, 3.8) is 0 Å². The van der Waals surface area contributed by atoms with Gasteiger partial charge in [-0.05, 0) is 71.9 Å². The number of hydrogen-bond acceptors (Lipinski definition) is 3. The minimum Gasteiger partial charge on any atom is -0.440 e. The lowest BCUT2D eigenvalue weighted by Crippen LogP contribution is -2.23. The van der Waals surface area contributed by atoms with Crippen LogP contribution in [0.15, 0.2) is 76.9 Å². The van der Waals surface area contributed by atoms with Crippen LogP contribution in [-0.2, 0) is 4.74 Å². The molecule has 0 fully saturated rings. The van der Waals surface area contributed by atoms with Gasteiger partial charge in [-0.2, -0.15) is 5.26 Å². The third kappa shape index (κ3) is 3.29. The van der Waals surface area contributed by atoms with E-state index in [-0.39, 0.29) is 23.1 Å². The Morgan fingerprint density at radius 1 is 1.07 bits per heavy atom. The van der Waals surface area contributed by atoms with Gasteiger partial charge in [0.15, 0.2) is 0 Å². The van der Waals surface area contributed by atoms with Crippen LogP contribution in [-0.4, -0.2) is 0 Å². The van der Waals surface area contributed by atoms with Gasteiger partial charge in [-0.25, -0.2) is 8.78 Å². The number of ether oxygens (including phenoxy) is 1. The van der Waals surface area contributed by atoms with E-state index in [4.69, 9.17) is 10.5 Å². The Morgan fingerprint density at radius 2 is 1.82 bits per heavy atom. The van der Waals surface area contributed by atoms with Crippen LogP contribution in [0, 0.1) is 23.0 Å². The highest BCUT2D eigenvalue weighted by atomic mass is 19.1. The molecule has 3 nitrogen and oxygen atoms in total. The molecule has 1 heterocycles. The van der Waals surface area contributed by atoms with E-state index in [0.29, 0.717) is 11.3 Å². The van der Waals surface area contributed by atoms with E-state index in [9.17, 15) is 14.0 Å². The molecule has 0 amide bonds. The normalized spacial score (nSPS) is 20.6. The minimum absolute atomic E-state index is 0.0301. The van der Waals surface area contributed by atoms with E-state index in [1.165, 1.54) is 24.3 Å². The molecular formula is C23H18F2N2O. The van der Waals surface area contributed by atoms with Crippen LogP contribution in [0.4, 0.5) is 8.78 Å². The summed E-state index contributed by atoms with van der Waals surface area (Å²) in [5.41, 5.74) is 9.55. The van der Waals surface area contributed by atoms with E-state index in [0.717, 1.165) is 36.0 Å². The highest BCUT2D eigenvalue weighted by molar-refractivity contribution is 5.62. The van der Waals surface area contributed by atoms with Gasteiger partial charge in [0.1, 0.15) is 29.0 Å². The van der Waals surface area contributed by atoms with Crippen molar-refractivity contribution in [2.24, 2.45) is 5.73 Å². The first-order valence-corrected chi connectivity index (χ1v) is 9.09. The number of benzene rings is 2. The summed E-state index contributed by atoms with van der Waals surface area (Å²) in [6.45, 7) is 0. The molecule has 0 spiro atoms. The summed E-state index contributed by atoms with van der Waals surface area (Å²) in [5.74, 6) is -0.481. The smallest absolute Gasteiger partial charge is 0.205 e. The number of allylic oxidation sites excluding steroid dienone is 3. The molecule has 0 saturated carbocycles. The van der Waals surface area contributed by atoms with E-state index >= 15 is 0 Å². The summed E-state index contributed by atoms with van der Waals surface area (Å²) in [6.07, 6.45) is 4.20. The average molecular weight is 376 g/mol. The summed E-state index contributed by atoms with van der Waals surface area (Å²) >= 11 is 0. The predicted molar refractivity (Wildman–Crippen MR) is 102 cm³/mol. The Labute approximate surface area is 162 Å². The van der Waals surface area contributed by atoms with Gasteiger partial charge in [0.25, 0.3) is 0 Å². The van der Waals surface area contributed by atoms with Crippen LogP contribution in [0.5, 0.6) is 0 Å². The van der Waals surface area contributed by atoms with Gasteiger partial charge in [0, 0.05) is 5.92 Å². The molecule has 2 aromatic rings. The molecule has 0 bridgehead atoms. The molecule has 0 saturated heterocycles. The molecule has 2 aromatic carbocycles. The molecule has 2 N–H and O–H groups in total. The zero-order valence-electron chi connectivity index (χ0n) is 15.1. The van der Waals surface area contributed by atoms with Crippen LogP contribution in [0.2, 0.25) is 0 Å². The van der Waals surface area contributed by atoms with Crippen molar-refractivity contribution >= 4 is 6.08 Å². The number of nitrogens with two attached hydrogens (primary N) is 1.